The lowest BCUT2D eigenvalue weighted by atomic mass is 10.2. The summed E-state index contributed by atoms with van der Waals surface area (Å²) in [7, 11) is 0. The first kappa shape index (κ1) is 16.3. The van der Waals surface area contributed by atoms with Gasteiger partial charge in [0.15, 0.2) is 0 Å². The van der Waals surface area contributed by atoms with E-state index in [9.17, 15) is 9.59 Å². The number of benzene rings is 1. The number of anilines is 2. The lowest BCUT2D eigenvalue weighted by molar-refractivity contribution is -0.134. The van der Waals surface area contributed by atoms with Crippen LogP contribution in [0, 0.1) is 0 Å². The lowest BCUT2D eigenvalue weighted by Gasteiger charge is -2.24. The molecule has 5 heteroatoms. The zero-order chi connectivity index (χ0) is 16.1. The molecule has 0 radical (unpaired) electrons. The van der Waals surface area contributed by atoms with E-state index in [0.29, 0.717) is 0 Å². The van der Waals surface area contributed by atoms with E-state index in [1.165, 1.54) is 25.5 Å². The summed E-state index contributed by atoms with van der Waals surface area (Å²) in [6.07, 6.45) is 2.49. The molecule has 5 nitrogen and oxygen atoms in total. The Labute approximate surface area is 132 Å². The average Bonchev–Trinajstić information content (AvgIpc) is 2.99. The van der Waals surface area contributed by atoms with Crippen LogP contribution in [-0.2, 0) is 9.59 Å². The molecule has 120 valence electrons. The van der Waals surface area contributed by atoms with Gasteiger partial charge in [-0.15, -0.1) is 0 Å². The zero-order valence-electron chi connectivity index (χ0n) is 13.6. The Morgan fingerprint density at radius 2 is 1.77 bits per heavy atom. The SMILES string of the molecule is CC(=O)N(CC(=O)Nc1ccc(N2CCCC2)cc1)C(C)C. The number of nitrogens with one attached hydrogen (secondary N) is 1. The van der Waals surface area contributed by atoms with Crippen molar-refractivity contribution in [2.24, 2.45) is 0 Å². The van der Waals surface area contributed by atoms with Gasteiger partial charge in [-0.1, -0.05) is 0 Å². The fourth-order valence-electron chi connectivity index (χ4n) is 2.74. The zero-order valence-corrected chi connectivity index (χ0v) is 13.6. The summed E-state index contributed by atoms with van der Waals surface area (Å²) in [4.78, 5) is 27.5. The first-order chi connectivity index (χ1) is 10.5. The lowest BCUT2D eigenvalue weighted by Crippen LogP contribution is -2.41. The van der Waals surface area contributed by atoms with Gasteiger partial charge in [0.2, 0.25) is 11.8 Å². The molecule has 2 rings (SSSR count). The molecule has 1 N–H and O–H groups in total. The van der Waals surface area contributed by atoms with Crippen molar-refractivity contribution in [1.29, 1.82) is 0 Å². The summed E-state index contributed by atoms with van der Waals surface area (Å²) in [5, 5.41) is 2.85. The highest BCUT2D eigenvalue weighted by Crippen LogP contribution is 2.22. The molecule has 0 atom stereocenters. The van der Waals surface area contributed by atoms with Crippen LogP contribution in [0.25, 0.3) is 0 Å². The molecule has 1 aliphatic heterocycles. The van der Waals surface area contributed by atoms with Gasteiger partial charge < -0.3 is 15.1 Å². The van der Waals surface area contributed by atoms with Gasteiger partial charge in [-0.2, -0.15) is 0 Å². The molecule has 1 aliphatic rings. The highest BCUT2D eigenvalue weighted by molar-refractivity contribution is 5.94. The molecule has 1 heterocycles. The van der Waals surface area contributed by atoms with Crippen molar-refractivity contribution in [3.05, 3.63) is 24.3 Å². The molecule has 0 bridgehead atoms. The third-order valence-electron chi connectivity index (χ3n) is 3.96. The van der Waals surface area contributed by atoms with Gasteiger partial charge in [0.25, 0.3) is 0 Å². The minimum atomic E-state index is -0.169. The van der Waals surface area contributed by atoms with Crippen LogP contribution in [0.15, 0.2) is 24.3 Å². The number of carbonyl (C=O) groups is 2. The maximum absolute atomic E-state index is 12.1. The molecule has 0 spiro atoms. The third-order valence-corrected chi connectivity index (χ3v) is 3.96. The van der Waals surface area contributed by atoms with Crippen molar-refractivity contribution in [1.82, 2.24) is 4.90 Å². The average molecular weight is 303 g/mol. The predicted molar refractivity (Wildman–Crippen MR) is 89.0 cm³/mol. The van der Waals surface area contributed by atoms with Crippen molar-refractivity contribution in [3.8, 4) is 0 Å². The van der Waals surface area contributed by atoms with Crippen molar-refractivity contribution >= 4 is 23.2 Å². The molecule has 1 fully saturated rings. The van der Waals surface area contributed by atoms with Crippen LogP contribution < -0.4 is 10.2 Å². The van der Waals surface area contributed by atoms with Crippen LogP contribution in [0.4, 0.5) is 11.4 Å². The topological polar surface area (TPSA) is 52.7 Å². The summed E-state index contributed by atoms with van der Waals surface area (Å²) in [5.41, 5.74) is 1.96. The van der Waals surface area contributed by atoms with Crippen molar-refractivity contribution < 1.29 is 9.59 Å². The van der Waals surface area contributed by atoms with E-state index in [4.69, 9.17) is 0 Å². The number of carbonyl (C=O) groups excluding carboxylic acids is 2. The van der Waals surface area contributed by atoms with E-state index < -0.39 is 0 Å². The van der Waals surface area contributed by atoms with E-state index in [1.807, 2.05) is 38.1 Å². The second-order valence-corrected chi connectivity index (χ2v) is 6.03. The van der Waals surface area contributed by atoms with E-state index in [0.717, 1.165) is 18.8 Å². The highest BCUT2D eigenvalue weighted by atomic mass is 16.2. The van der Waals surface area contributed by atoms with Crippen LogP contribution in [0.1, 0.15) is 33.6 Å². The maximum Gasteiger partial charge on any atom is 0.244 e. The van der Waals surface area contributed by atoms with E-state index in [2.05, 4.69) is 10.2 Å². The van der Waals surface area contributed by atoms with Crippen LogP contribution in [0.2, 0.25) is 0 Å². The number of amides is 2. The van der Waals surface area contributed by atoms with Gasteiger partial charge >= 0.3 is 0 Å². The Hall–Kier alpha value is -2.04. The summed E-state index contributed by atoms with van der Waals surface area (Å²) in [6.45, 7) is 7.58. The second-order valence-electron chi connectivity index (χ2n) is 6.03. The van der Waals surface area contributed by atoms with Gasteiger partial charge in [0.1, 0.15) is 6.54 Å². The molecule has 0 unspecified atom stereocenters. The monoisotopic (exact) mass is 303 g/mol. The van der Waals surface area contributed by atoms with Crippen LogP contribution in [0.5, 0.6) is 0 Å². The quantitative estimate of drug-likeness (QED) is 0.909. The Morgan fingerprint density at radius 1 is 1.18 bits per heavy atom. The minimum absolute atomic E-state index is 0.0146. The van der Waals surface area contributed by atoms with Crippen molar-refractivity contribution in [2.75, 3.05) is 29.9 Å². The third kappa shape index (κ3) is 4.23. The summed E-state index contributed by atoms with van der Waals surface area (Å²) >= 11 is 0. The molecular weight excluding hydrogens is 278 g/mol. The summed E-state index contributed by atoms with van der Waals surface area (Å²) in [5.74, 6) is -0.257. The van der Waals surface area contributed by atoms with Gasteiger partial charge in [-0.3, -0.25) is 9.59 Å². The molecule has 1 aromatic carbocycles. The van der Waals surface area contributed by atoms with Gasteiger partial charge in [0.05, 0.1) is 0 Å². The van der Waals surface area contributed by atoms with Crippen LogP contribution >= 0.6 is 0 Å². The van der Waals surface area contributed by atoms with Crippen molar-refractivity contribution in [3.63, 3.8) is 0 Å². The fourth-order valence-corrected chi connectivity index (χ4v) is 2.74. The van der Waals surface area contributed by atoms with Gasteiger partial charge in [-0.05, 0) is 51.0 Å². The summed E-state index contributed by atoms with van der Waals surface area (Å²) < 4.78 is 0. The van der Waals surface area contributed by atoms with E-state index in [1.54, 1.807) is 4.90 Å². The Balaban J connectivity index is 1.92. The molecule has 1 aromatic rings. The predicted octanol–water partition coefficient (Wildman–Crippen LogP) is 2.48. The van der Waals surface area contributed by atoms with E-state index in [-0.39, 0.29) is 24.4 Å². The largest absolute Gasteiger partial charge is 0.372 e. The molecule has 22 heavy (non-hydrogen) atoms. The first-order valence-electron chi connectivity index (χ1n) is 7.89. The van der Waals surface area contributed by atoms with Crippen molar-refractivity contribution in [2.45, 2.75) is 39.7 Å². The van der Waals surface area contributed by atoms with Gasteiger partial charge in [-0.25, -0.2) is 0 Å². The molecule has 2 amide bonds. The number of hydrogen-bond donors (Lipinski definition) is 1. The fraction of sp³-hybridized carbons (Fsp3) is 0.529. The molecular formula is C17H25N3O2. The minimum Gasteiger partial charge on any atom is -0.372 e. The molecule has 0 aliphatic carbocycles. The maximum atomic E-state index is 12.1. The standard InChI is InChI=1S/C17H25N3O2/c1-13(2)20(14(3)21)12-17(22)18-15-6-8-16(9-7-15)19-10-4-5-11-19/h6-9,13H,4-5,10-12H2,1-3H3,(H,18,22). The smallest absolute Gasteiger partial charge is 0.244 e. The van der Waals surface area contributed by atoms with Crippen LogP contribution in [0.3, 0.4) is 0 Å². The number of nitrogens with zero attached hydrogens (tertiary/aromatic N) is 2. The highest BCUT2D eigenvalue weighted by Gasteiger charge is 2.17. The first-order valence-corrected chi connectivity index (χ1v) is 7.89. The Bertz CT molecular complexity index is 519. The molecule has 1 saturated heterocycles. The number of hydrogen-bond acceptors (Lipinski definition) is 3. The van der Waals surface area contributed by atoms with E-state index >= 15 is 0 Å². The second kappa shape index (κ2) is 7.29. The van der Waals surface area contributed by atoms with Crippen LogP contribution in [-0.4, -0.2) is 42.4 Å². The normalized spacial score (nSPS) is 14.3. The Morgan fingerprint density at radius 3 is 2.27 bits per heavy atom. The van der Waals surface area contributed by atoms with Gasteiger partial charge in [0, 0.05) is 37.4 Å². The summed E-state index contributed by atoms with van der Waals surface area (Å²) in [6, 6.07) is 7.91. The Kier molecular flexibility index (Phi) is 5.41. The number of rotatable bonds is 5. The molecule has 0 saturated carbocycles. The molecule has 0 aromatic heterocycles.